The number of carbonyl (C=O) groups is 1. The van der Waals surface area contributed by atoms with Gasteiger partial charge in [0.05, 0.1) is 16.0 Å². The molecule has 3 rings (SSSR count). The summed E-state index contributed by atoms with van der Waals surface area (Å²) in [5.74, 6) is 0. The van der Waals surface area contributed by atoms with Gasteiger partial charge in [-0.1, -0.05) is 12.1 Å². The number of hydrogen-bond acceptors (Lipinski definition) is 7. The Hall–Kier alpha value is -4.12. The highest BCUT2D eigenvalue weighted by Crippen LogP contribution is 2.21. The van der Waals surface area contributed by atoms with Crippen LogP contribution < -0.4 is 16.7 Å². The summed E-state index contributed by atoms with van der Waals surface area (Å²) in [5.41, 5.74) is 6.75. The number of para-hydroxylation sites is 2. The van der Waals surface area contributed by atoms with Gasteiger partial charge in [-0.05, 0) is 29.8 Å². The number of aromatic nitrogens is 2. The Balaban J connectivity index is 2.10. The molecule has 3 aromatic rings. The third-order valence-corrected chi connectivity index (χ3v) is 3.81. The van der Waals surface area contributed by atoms with E-state index in [-0.39, 0.29) is 22.7 Å². The van der Waals surface area contributed by atoms with Gasteiger partial charge in [-0.25, -0.2) is 15.2 Å². The Bertz CT molecular complexity index is 1140. The van der Waals surface area contributed by atoms with Crippen LogP contribution in [-0.2, 0) is 0 Å². The second-order valence-corrected chi connectivity index (χ2v) is 5.66. The molecule has 1 aromatic heterocycles. The summed E-state index contributed by atoms with van der Waals surface area (Å²) in [6, 6.07) is 10.7. The first kappa shape index (κ1) is 18.7. The predicted octanol–water partition coefficient (Wildman–Crippen LogP) is 0.937. The second kappa shape index (κ2) is 7.63. The van der Waals surface area contributed by atoms with Crippen LogP contribution in [0.2, 0.25) is 0 Å². The van der Waals surface area contributed by atoms with Crippen LogP contribution in [0.3, 0.4) is 0 Å². The molecule has 5 N–H and O–H groups in total. The Kier molecular flexibility index (Phi) is 5.09. The van der Waals surface area contributed by atoms with Gasteiger partial charge in [-0.15, -0.1) is 0 Å². The molecule has 2 amide bonds. The number of nitrogens with zero attached hydrogens (tertiary/aromatic N) is 3. The molecule has 2 aromatic carbocycles. The maximum absolute atomic E-state index is 12.5. The van der Waals surface area contributed by atoms with Crippen LogP contribution in [0.5, 0.6) is 0 Å². The van der Waals surface area contributed by atoms with Crippen molar-refractivity contribution < 1.29 is 14.8 Å². The largest absolute Gasteiger partial charge is 0.382 e. The summed E-state index contributed by atoms with van der Waals surface area (Å²) in [7, 11) is 0. The van der Waals surface area contributed by atoms with Crippen molar-refractivity contribution in [1.29, 1.82) is 0 Å². The number of hydrogen-bond donors (Lipinski definition) is 4. The van der Waals surface area contributed by atoms with Crippen LogP contribution in [-0.4, -0.2) is 31.7 Å². The lowest BCUT2D eigenvalue weighted by molar-refractivity contribution is -0.384. The average molecular weight is 382 g/mol. The van der Waals surface area contributed by atoms with Crippen molar-refractivity contribution in [1.82, 2.24) is 15.4 Å². The molecular formula is C17H14N6O5. The molecule has 0 aliphatic heterocycles. The number of primary amides is 1. The van der Waals surface area contributed by atoms with Crippen molar-refractivity contribution in [2.45, 2.75) is 6.10 Å². The molecule has 0 bridgehead atoms. The van der Waals surface area contributed by atoms with Gasteiger partial charge in [0.1, 0.15) is 11.8 Å². The van der Waals surface area contributed by atoms with Gasteiger partial charge in [-0.3, -0.25) is 14.9 Å². The number of H-pyrrole nitrogens is 1. The number of aliphatic hydroxyl groups is 1. The number of carbonyl (C=O) groups excluding carboxylic acids is 1. The zero-order valence-electron chi connectivity index (χ0n) is 14.2. The van der Waals surface area contributed by atoms with Gasteiger partial charge in [0.15, 0.2) is 5.69 Å². The molecule has 1 atom stereocenters. The van der Waals surface area contributed by atoms with E-state index < -0.39 is 22.6 Å². The molecule has 0 saturated carbocycles. The second-order valence-electron chi connectivity index (χ2n) is 5.66. The summed E-state index contributed by atoms with van der Waals surface area (Å²) in [5, 5.41) is 25.2. The summed E-state index contributed by atoms with van der Waals surface area (Å²) in [4.78, 5) is 40.5. The smallest absolute Gasteiger partial charge is 0.332 e. The number of benzene rings is 2. The Morgan fingerprint density at radius 2 is 1.93 bits per heavy atom. The van der Waals surface area contributed by atoms with Crippen molar-refractivity contribution in [3.63, 3.8) is 0 Å². The summed E-state index contributed by atoms with van der Waals surface area (Å²) in [6.45, 7) is 0. The first-order valence-electron chi connectivity index (χ1n) is 7.91. The third kappa shape index (κ3) is 3.83. The zero-order valence-corrected chi connectivity index (χ0v) is 14.2. The fourth-order valence-electron chi connectivity index (χ4n) is 2.50. The van der Waals surface area contributed by atoms with Crippen LogP contribution >= 0.6 is 0 Å². The maximum Gasteiger partial charge on any atom is 0.332 e. The van der Waals surface area contributed by atoms with E-state index in [1.54, 1.807) is 24.3 Å². The minimum atomic E-state index is -1.51. The lowest BCUT2D eigenvalue weighted by Gasteiger charge is -2.14. The topological polar surface area (TPSA) is 177 Å². The van der Waals surface area contributed by atoms with Crippen LogP contribution in [0.4, 0.5) is 10.5 Å². The van der Waals surface area contributed by atoms with E-state index in [2.05, 4.69) is 15.1 Å². The van der Waals surface area contributed by atoms with Crippen molar-refractivity contribution in [2.24, 2.45) is 10.8 Å². The van der Waals surface area contributed by atoms with E-state index in [0.717, 1.165) is 0 Å². The summed E-state index contributed by atoms with van der Waals surface area (Å²) >= 11 is 0. The van der Waals surface area contributed by atoms with Gasteiger partial charge in [0.25, 0.3) is 11.2 Å². The third-order valence-electron chi connectivity index (χ3n) is 3.81. The van der Waals surface area contributed by atoms with Crippen LogP contribution in [0.1, 0.15) is 17.4 Å². The average Bonchev–Trinajstić information content (AvgIpc) is 2.68. The van der Waals surface area contributed by atoms with E-state index in [1.807, 2.05) is 5.43 Å². The van der Waals surface area contributed by atoms with Crippen LogP contribution in [0.25, 0.3) is 11.0 Å². The molecule has 142 valence electrons. The molecule has 1 heterocycles. The highest BCUT2D eigenvalue weighted by atomic mass is 16.6. The number of aliphatic hydroxyl groups excluding tert-OH is 1. The number of non-ortho nitro benzene ring substituents is 1. The molecular weight excluding hydrogens is 368 g/mol. The summed E-state index contributed by atoms with van der Waals surface area (Å²) in [6.07, 6.45) is -1.51. The van der Waals surface area contributed by atoms with Crippen molar-refractivity contribution in [2.75, 3.05) is 0 Å². The molecule has 28 heavy (non-hydrogen) atoms. The monoisotopic (exact) mass is 382 g/mol. The number of fused-ring (bicyclic) bond motifs is 1. The van der Waals surface area contributed by atoms with Gasteiger partial charge in [0.2, 0.25) is 0 Å². The van der Waals surface area contributed by atoms with E-state index in [4.69, 9.17) is 5.73 Å². The minimum absolute atomic E-state index is 0.175. The molecule has 0 aliphatic carbocycles. The lowest BCUT2D eigenvalue weighted by atomic mass is 10.0. The summed E-state index contributed by atoms with van der Waals surface area (Å²) < 4.78 is 0. The van der Waals surface area contributed by atoms with E-state index in [9.17, 15) is 24.8 Å². The molecule has 0 aliphatic rings. The standard InChI is InChI=1S/C17H14N6O5/c18-17(26)22-21-13(15(24)9-5-7-10(8-6-9)23(27)28)14-16(25)20-12-4-2-1-3-11(12)19-14/h1-8,15,24H,(H,20,25)(H3,18,22,26)/b21-13+. The van der Waals surface area contributed by atoms with Gasteiger partial charge in [-0.2, -0.15) is 5.10 Å². The molecule has 11 nitrogen and oxygen atoms in total. The first-order chi connectivity index (χ1) is 13.4. The number of nitro benzene ring substituents is 1. The van der Waals surface area contributed by atoms with Gasteiger partial charge < -0.3 is 15.8 Å². The van der Waals surface area contributed by atoms with Crippen LogP contribution in [0.15, 0.2) is 58.4 Å². The Morgan fingerprint density at radius 3 is 2.57 bits per heavy atom. The number of amides is 2. The van der Waals surface area contributed by atoms with Crippen molar-refractivity contribution >= 4 is 28.5 Å². The molecule has 1 unspecified atom stereocenters. The lowest BCUT2D eigenvalue weighted by Crippen LogP contribution is -2.31. The highest BCUT2D eigenvalue weighted by molar-refractivity contribution is 6.03. The highest BCUT2D eigenvalue weighted by Gasteiger charge is 2.23. The molecule has 0 radical (unpaired) electrons. The fraction of sp³-hybridized carbons (Fsp3) is 0.0588. The number of nitro groups is 1. The number of nitrogens with two attached hydrogens (primary N) is 1. The van der Waals surface area contributed by atoms with Crippen LogP contribution in [0, 0.1) is 10.1 Å². The number of hydrazone groups is 1. The fourth-order valence-corrected chi connectivity index (χ4v) is 2.50. The number of urea groups is 1. The zero-order chi connectivity index (χ0) is 20.3. The Morgan fingerprint density at radius 1 is 1.25 bits per heavy atom. The first-order valence-corrected chi connectivity index (χ1v) is 7.91. The Labute approximate surface area is 156 Å². The number of rotatable bonds is 5. The van der Waals surface area contributed by atoms with Crippen molar-refractivity contribution in [3.8, 4) is 0 Å². The van der Waals surface area contributed by atoms with E-state index in [1.165, 1.54) is 24.3 Å². The quantitative estimate of drug-likeness (QED) is 0.290. The predicted molar refractivity (Wildman–Crippen MR) is 99.7 cm³/mol. The molecule has 0 saturated heterocycles. The van der Waals surface area contributed by atoms with E-state index >= 15 is 0 Å². The number of aromatic amines is 1. The molecule has 0 spiro atoms. The number of nitrogens with one attached hydrogen (secondary N) is 2. The van der Waals surface area contributed by atoms with Crippen molar-refractivity contribution in [3.05, 3.63) is 80.3 Å². The van der Waals surface area contributed by atoms with Gasteiger partial charge >= 0.3 is 6.03 Å². The maximum atomic E-state index is 12.5. The SMILES string of the molecule is NC(=O)N/N=C(\c1nc2ccccc2[nH]c1=O)C(O)c1ccc([N+](=O)[O-])cc1. The molecule has 0 fully saturated rings. The minimum Gasteiger partial charge on any atom is -0.382 e. The normalized spacial score (nSPS) is 12.5. The molecule has 11 heteroatoms. The van der Waals surface area contributed by atoms with E-state index in [0.29, 0.717) is 11.0 Å². The van der Waals surface area contributed by atoms with Gasteiger partial charge in [0, 0.05) is 12.1 Å².